The number of imide groups is 1. The molecule has 1 aromatic rings. The van der Waals surface area contributed by atoms with Gasteiger partial charge in [0.2, 0.25) is 0 Å². The van der Waals surface area contributed by atoms with E-state index in [1.807, 2.05) is 32.9 Å². The molecule has 0 aliphatic carbocycles. The second-order valence-electron chi connectivity index (χ2n) is 5.88. The molecule has 0 spiro atoms. The highest BCUT2D eigenvalue weighted by atomic mass is 16.5. The monoisotopic (exact) mass is 320 g/mol. The highest BCUT2D eigenvalue weighted by molar-refractivity contribution is 5.97. The molecule has 0 aromatic heterocycles. The number of hydrogen-bond acceptors (Lipinski definition) is 4. The summed E-state index contributed by atoms with van der Waals surface area (Å²) >= 11 is 0. The average molecular weight is 320 g/mol. The Hall–Kier alpha value is -2.37. The van der Waals surface area contributed by atoms with Crippen LogP contribution in [0.15, 0.2) is 18.2 Å². The molecule has 0 unspecified atom stereocenters. The summed E-state index contributed by atoms with van der Waals surface area (Å²) in [6.45, 7) is 7.72. The summed E-state index contributed by atoms with van der Waals surface area (Å²) in [5, 5.41) is 4.69. The van der Waals surface area contributed by atoms with Crippen molar-refractivity contribution in [3.05, 3.63) is 34.9 Å². The Morgan fingerprint density at radius 1 is 1.17 bits per heavy atom. The van der Waals surface area contributed by atoms with E-state index < -0.39 is 24.5 Å². The van der Waals surface area contributed by atoms with Crippen molar-refractivity contribution >= 4 is 17.9 Å². The van der Waals surface area contributed by atoms with E-state index in [2.05, 4.69) is 10.6 Å². The maximum absolute atomic E-state index is 12.0. The highest BCUT2D eigenvalue weighted by Gasteiger charge is 2.14. The molecule has 0 atom stereocenters. The molecule has 3 amide bonds. The lowest BCUT2D eigenvalue weighted by Crippen LogP contribution is -2.42. The van der Waals surface area contributed by atoms with Crippen LogP contribution >= 0.6 is 0 Å². The molecule has 0 aliphatic heterocycles. The summed E-state index contributed by atoms with van der Waals surface area (Å²) in [5.41, 5.74) is 2.11. The van der Waals surface area contributed by atoms with Gasteiger partial charge < -0.3 is 10.1 Å². The van der Waals surface area contributed by atoms with Gasteiger partial charge >= 0.3 is 12.0 Å². The molecule has 2 N–H and O–H groups in total. The van der Waals surface area contributed by atoms with Gasteiger partial charge in [0.25, 0.3) is 5.91 Å². The van der Waals surface area contributed by atoms with Gasteiger partial charge in [-0.2, -0.15) is 0 Å². The van der Waals surface area contributed by atoms with Crippen molar-refractivity contribution in [2.24, 2.45) is 5.92 Å². The molecular formula is C17H24N2O4. The van der Waals surface area contributed by atoms with Gasteiger partial charge in [0.15, 0.2) is 6.61 Å². The lowest BCUT2D eigenvalue weighted by molar-refractivity contribution is -0.123. The second-order valence-corrected chi connectivity index (χ2v) is 5.88. The quantitative estimate of drug-likeness (QED) is 0.788. The van der Waals surface area contributed by atoms with Crippen LogP contribution in [0.25, 0.3) is 0 Å². The molecule has 0 aliphatic rings. The fourth-order valence-electron chi connectivity index (χ4n) is 1.85. The number of benzene rings is 1. The van der Waals surface area contributed by atoms with Crippen LogP contribution in [0, 0.1) is 19.8 Å². The van der Waals surface area contributed by atoms with Crippen molar-refractivity contribution < 1.29 is 19.1 Å². The Morgan fingerprint density at radius 3 is 2.52 bits per heavy atom. The number of nitrogens with one attached hydrogen (secondary N) is 2. The Labute approximate surface area is 136 Å². The zero-order valence-electron chi connectivity index (χ0n) is 14.1. The van der Waals surface area contributed by atoms with Gasteiger partial charge in [-0.15, -0.1) is 0 Å². The number of carbonyl (C=O) groups excluding carboxylic acids is 3. The SMILES string of the molecule is Cc1ccc(C)c(C(=O)OCC(=O)NC(=O)NCCC(C)C)c1. The van der Waals surface area contributed by atoms with E-state index in [1.54, 1.807) is 13.0 Å². The molecule has 0 radical (unpaired) electrons. The maximum Gasteiger partial charge on any atom is 0.338 e. The minimum atomic E-state index is -0.661. The van der Waals surface area contributed by atoms with E-state index in [0.717, 1.165) is 17.5 Å². The standard InChI is InChI=1S/C17H24N2O4/c1-11(2)7-8-18-17(22)19-15(20)10-23-16(21)14-9-12(3)5-6-13(14)4/h5-6,9,11H,7-8,10H2,1-4H3,(H2,18,19,20,22). The number of esters is 1. The smallest absolute Gasteiger partial charge is 0.338 e. The van der Waals surface area contributed by atoms with Crippen LogP contribution in [0.3, 0.4) is 0 Å². The molecule has 1 rings (SSSR count). The van der Waals surface area contributed by atoms with Crippen LogP contribution in [0.4, 0.5) is 4.79 Å². The topological polar surface area (TPSA) is 84.5 Å². The lowest BCUT2D eigenvalue weighted by Gasteiger charge is -2.09. The summed E-state index contributed by atoms with van der Waals surface area (Å²) in [4.78, 5) is 35.0. The van der Waals surface area contributed by atoms with Gasteiger partial charge in [-0.3, -0.25) is 10.1 Å². The number of urea groups is 1. The Balaban J connectivity index is 2.39. The maximum atomic E-state index is 12.0. The van der Waals surface area contributed by atoms with E-state index in [4.69, 9.17) is 4.74 Å². The van der Waals surface area contributed by atoms with Crippen LogP contribution < -0.4 is 10.6 Å². The third-order valence-electron chi connectivity index (χ3n) is 3.21. The average Bonchev–Trinajstić information content (AvgIpc) is 2.46. The van der Waals surface area contributed by atoms with Gasteiger partial charge in [0.1, 0.15) is 0 Å². The number of hydrogen-bond donors (Lipinski definition) is 2. The fraction of sp³-hybridized carbons (Fsp3) is 0.471. The van der Waals surface area contributed by atoms with E-state index in [-0.39, 0.29) is 0 Å². The molecule has 0 fully saturated rings. The predicted molar refractivity (Wildman–Crippen MR) is 87.2 cm³/mol. The molecular weight excluding hydrogens is 296 g/mol. The highest BCUT2D eigenvalue weighted by Crippen LogP contribution is 2.11. The largest absolute Gasteiger partial charge is 0.452 e. The molecule has 6 nitrogen and oxygen atoms in total. The molecule has 0 bridgehead atoms. The minimum absolute atomic E-state index is 0.416. The molecule has 0 saturated carbocycles. The Bertz CT molecular complexity index is 582. The van der Waals surface area contributed by atoms with Gasteiger partial charge in [-0.1, -0.05) is 31.5 Å². The number of ether oxygens (including phenoxy) is 1. The normalized spacial score (nSPS) is 10.3. The van der Waals surface area contributed by atoms with Crippen LogP contribution in [0.5, 0.6) is 0 Å². The lowest BCUT2D eigenvalue weighted by atomic mass is 10.1. The van der Waals surface area contributed by atoms with Crippen molar-refractivity contribution in [1.29, 1.82) is 0 Å². The van der Waals surface area contributed by atoms with Gasteiger partial charge in [-0.25, -0.2) is 9.59 Å². The molecule has 6 heteroatoms. The fourth-order valence-corrected chi connectivity index (χ4v) is 1.85. The summed E-state index contributed by atoms with van der Waals surface area (Å²) < 4.78 is 4.94. The van der Waals surface area contributed by atoms with Gasteiger partial charge in [-0.05, 0) is 37.8 Å². The zero-order valence-corrected chi connectivity index (χ0v) is 14.1. The van der Waals surface area contributed by atoms with E-state index >= 15 is 0 Å². The summed E-state index contributed by atoms with van der Waals surface area (Å²) in [5.74, 6) is -0.781. The Morgan fingerprint density at radius 2 is 1.87 bits per heavy atom. The number of rotatable bonds is 6. The number of carbonyl (C=O) groups is 3. The third kappa shape index (κ3) is 6.95. The molecule has 0 saturated heterocycles. The van der Waals surface area contributed by atoms with Crippen molar-refractivity contribution in [3.8, 4) is 0 Å². The van der Waals surface area contributed by atoms with Crippen LogP contribution in [-0.2, 0) is 9.53 Å². The van der Waals surface area contributed by atoms with E-state index in [1.165, 1.54) is 0 Å². The predicted octanol–water partition coefficient (Wildman–Crippen LogP) is 2.33. The molecule has 0 heterocycles. The second kappa shape index (κ2) is 8.92. The van der Waals surface area contributed by atoms with Gasteiger partial charge in [0.05, 0.1) is 5.56 Å². The number of amides is 3. The first kappa shape index (κ1) is 18.7. The summed E-state index contributed by atoms with van der Waals surface area (Å²) in [6.07, 6.45) is 0.823. The van der Waals surface area contributed by atoms with E-state index in [9.17, 15) is 14.4 Å². The van der Waals surface area contributed by atoms with Crippen molar-refractivity contribution in [2.45, 2.75) is 34.1 Å². The molecule has 126 valence electrons. The van der Waals surface area contributed by atoms with Crippen LogP contribution in [0.2, 0.25) is 0 Å². The first-order chi connectivity index (χ1) is 10.8. The van der Waals surface area contributed by atoms with Crippen molar-refractivity contribution in [3.63, 3.8) is 0 Å². The molecule has 23 heavy (non-hydrogen) atoms. The minimum Gasteiger partial charge on any atom is -0.452 e. The summed E-state index contributed by atoms with van der Waals surface area (Å²) in [6, 6.07) is 4.82. The van der Waals surface area contributed by atoms with Crippen LogP contribution in [0.1, 0.15) is 41.8 Å². The van der Waals surface area contributed by atoms with Crippen LogP contribution in [-0.4, -0.2) is 31.1 Å². The first-order valence-corrected chi connectivity index (χ1v) is 7.61. The number of aryl methyl sites for hydroxylation is 2. The van der Waals surface area contributed by atoms with Crippen molar-refractivity contribution in [2.75, 3.05) is 13.2 Å². The zero-order chi connectivity index (χ0) is 17.4. The van der Waals surface area contributed by atoms with E-state index in [0.29, 0.717) is 18.0 Å². The first-order valence-electron chi connectivity index (χ1n) is 7.61. The van der Waals surface area contributed by atoms with Gasteiger partial charge in [0, 0.05) is 6.54 Å². The van der Waals surface area contributed by atoms with Crippen molar-refractivity contribution in [1.82, 2.24) is 10.6 Å². The molecule has 1 aromatic carbocycles. The third-order valence-corrected chi connectivity index (χ3v) is 3.21. The Kier molecular flexibility index (Phi) is 7.25. The summed E-state index contributed by atoms with van der Waals surface area (Å²) in [7, 11) is 0.